The number of nitrogens with two attached hydrogens (primary N) is 1. The maximum atomic E-state index is 11.5. The van der Waals surface area contributed by atoms with E-state index in [-0.39, 0.29) is 23.5 Å². The lowest BCUT2D eigenvalue weighted by atomic mass is 10.0. The fraction of sp³-hybridized carbons (Fsp3) is 0.455. The van der Waals surface area contributed by atoms with Crippen molar-refractivity contribution in [3.8, 4) is 0 Å². The monoisotopic (exact) mass is 375 g/mol. The molecule has 25 heavy (non-hydrogen) atoms. The molecule has 5 N–H and O–H groups in total. The van der Waals surface area contributed by atoms with Gasteiger partial charge in [0, 0.05) is 0 Å². The number of hydrogen-bond acceptors (Lipinski definition) is 12. The zero-order valence-electron chi connectivity index (χ0n) is 12.5. The van der Waals surface area contributed by atoms with Gasteiger partial charge in [0.2, 0.25) is 0 Å². The van der Waals surface area contributed by atoms with Crippen molar-refractivity contribution in [2.45, 2.75) is 24.9 Å². The first-order chi connectivity index (χ1) is 11.6. The van der Waals surface area contributed by atoms with Gasteiger partial charge >= 0.3 is 0 Å². The molecule has 2 rings (SSSR count). The molecule has 0 aliphatic rings. The molecule has 2 aromatic rings. The van der Waals surface area contributed by atoms with Crippen LogP contribution in [0.15, 0.2) is 12.7 Å². The summed E-state index contributed by atoms with van der Waals surface area (Å²) in [7, 11) is -5.41. The van der Waals surface area contributed by atoms with E-state index in [0.29, 0.717) is 0 Å². The third-order valence-electron chi connectivity index (χ3n) is 3.23. The Bertz CT molecular complexity index is 807. The van der Waals surface area contributed by atoms with E-state index in [1.54, 1.807) is 0 Å². The van der Waals surface area contributed by atoms with Gasteiger partial charge in [-0.25, -0.2) is 15.0 Å². The maximum absolute atomic E-state index is 11.5. The molecule has 13 nitrogen and oxygen atoms in total. The summed E-state index contributed by atoms with van der Waals surface area (Å²) in [6, 6.07) is 0. The number of Topliss-reactive ketones (excluding diaryl/α,β-unsaturated/α-hetero) is 1. The summed E-state index contributed by atoms with van der Waals surface area (Å²) in [5.74, 6) is -1.19. The highest BCUT2D eigenvalue weighted by Gasteiger charge is 2.31. The van der Waals surface area contributed by atoms with Crippen LogP contribution in [0.2, 0.25) is 0 Å². The molecule has 0 aliphatic carbocycles. The minimum absolute atomic E-state index is 0.103. The van der Waals surface area contributed by atoms with Crippen LogP contribution in [-0.4, -0.2) is 65.5 Å². The number of aromatic nitrogens is 4. The van der Waals surface area contributed by atoms with Gasteiger partial charge in [0.15, 0.2) is 17.2 Å². The first-order valence-corrected chi connectivity index (χ1v) is 8.21. The number of aliphatic hydroxyl groups is 3. The SMILES string of the molecule is Nc1ncnc2c1ncn2C[C@H](O)C(O)C(O)C(=O)COP(=O)([O-])[O-]. The van der Waals surface area contributed by atoms with E-state index in [2.05, 4.69) is 19.5 Å². The summed E-state index contributed by atoms with van der Waals surface area (Å²) >= 11 is 0. The van der Waals surface area contributed by atoms with Crippen LogP contribution in [0.5, 0.6) is 0 Å². The van der Waals surface area contributed by atoms with Gasteiger partial charge in [0.05, 0.1) is 20.7 Å². The van der Waals surface area contributed by atoms with Crippen molar-refractivity contribution in [2.24, 2.45) is 0 Å². The number of nitrogen functional groups attached to an aromatic ring is 1. The molecule has 0 amide bonds. The normalized spacial score (nSPS) is 15.9. The second-order valence-electron chi connectivity index (χ2n) is 5.02. The van der Waals surface area contributed by atoms with Gasteiger partial charge in [-0.05, 0) is 0 Å². The van der Waals surface area contributed by atoms with E-state index >= 15 is 0 Å². The largest absolute Gasteiger partial charge is 0.790 e. The van der Waals surface area contributed by atoms with Gasteiger partial charge in [0.25, 0.3) is 0 Å². The van der Waals surface area contributed by atoms with Crippen LogP contribution in [0.1, 0.15) is 0 Å². The van der Waals surface area contributed by atoms with Gasteiger partial charge in [-0.1, -0.05) is 0 Å². The molecule has 0 aliphatic heterocycles. The standard InChI is InChI=1S/C11H16N5O8P/c12-10-7-11(14-3-13-10)16(4-15-7)1-5(17)8(19)9(20)6(18)2-24-25(21,22)23/h3-5,8-9,17,19-20H,1-2H2,(H2,12,13,14)(H2,21,22,23)/p-2/t5-,8?,9?/m0/s1. The fourth-order valence-electron chi connectivity index (χ4n) is 1.97. The Kier molecular flexibility index (Phi) is 5.80. The maximum Gasteiger partial charge on any atom is 0.189 e. The Morgan fingerprint density at radius 2 is 2.00 bits per heavy atom. The summed E-state index contributed by atoms with van der Waals surface area (Å²) < 4.78 is 15.3. The van der Waals surface area contributed by atoms with Crippen molar-refractivity contribution < 1.29 is 39.0 Å². The number of carbonyl (C=O) groups is 1. The number of imidazole rings is 1. The molecule has 0 fully saturated rings. The zero-order valence-corrected chi connectivity index (χ0v) is 13.4. The molecular weight excluding hydrogens is 361 g/mol. The summed E-state index contributed by atoms with van der Waals surface area (Å²) in [4.78, 5) is 43.7. The lowest BCUT2D eigenvalue weighted by Gasteiger charge is -2.29. The highest BCUT2D eigenvalue weighted by Crippen LogP contribution is 2.24. The Labute approximate surface area is 140 Å². The van der Waals surface area contributed by atoms with E-state index < -0.39 is 38.5 Å². The van der Waals surface area contributed by atoms with Crippen molar-refractivity contribution in [1.82, 2.24) is 19.5 Å². The minimum Gasteiger partial charge on any atom is -0.790 e. The van der Waals surface area contributed by atoms with Crippen LogP contribution in [-0.2, 0) is 20.4 Å². The molecule has 0 saturated heterocycles. The molecule has 0 radical (unpaired) electrons. The molecule has 2 aromatic heterocycles. The third kappa shape index (κ3) is 4.76. The highest BCUT2D eigenvalue weighted by atomic mass is 31.2. The van der Waals surface area contributed by atoms with Gasteiger partial charge in [-0.3, -0.25) is 4.79 Å². The number of hydrogen-bond donors (Lipinski definition) is 4. The number of rotatable bonds is 8. The predicted octanol–water partition coefficient (Wildman–Crippen LogP) is -4.09. The van der Waals surface area contributed by atoms with Crippen LogP contribution < -0.4 is 15.5 Å². The average molecular weight is 375 g/mol. The quantitative estimate of drug-likeness (QED) is 0.323. The molecule has 0 aromatic carbocycles. The number of ketones is 1. The van der Waals surface area contributed by atoms with Crippen LogP contribution in [0, 0.1) is 0 Å². The van der Waals surface area contributed by atoms with Crippen molar-refractivity contribution in [1.29, 1.82) is 0 Å². The van der Waals surface area contributed by atoms with E-state index in [4.69, 9.17) is 5.73 Å². The minimum atomic E-state index is -5.41. The number of carbonyl (C=O) groups excluding carboxylic acids is 1. The first kappa shape index (κ1) is 19.3. The van der Waals surface area contributed by atoms with Gasteiger partial charge in [0.1, 0.15) is 36.8 Å². The van der Waals surface area contributed by atoms with Gasteiger partial charge < -0.3 is 44.5 Å². The molecule has 2 heterocycles. The molecule has 0 spiro atoms. The van der Waals surface area contributed by atoms with E-state index in [9.17, 15) is 34.5 Å². The lowest BCUT2D eigenvalue weighted by molar-refractivity contribution is -0.341. The lowest BCUT2D eigenvalue weighted by Crippen LogP contribution is -2.45. The van der Waals surface area contributed by atoms with E-state index in [0.717, 1.165) is 0 Å². The van der Waals surface area contributed by atoms with Crippen molar-refractivity contribution in [3.63, 3.8) is 0 Å². The molecule has 138 valence electrons. The topological polar surface area (TPSA) is 220 Å². The smallest absolute Gasteiger partial charge is 0.189 e. The Hall–Kier alpha value is -1.99. The number of nitrogens with zero attached hydrogens (tertiary/aromatic N) is 4. The number of aliphatic hydroxyl groups excluding tert-OH is 3. The van der Waals surface area contributed by atoms with Crippen molar-refractivity contribution in [2.75, 3.05) is 12.3 Å². The Balaban J connectivity index is 2.03. The Morgan fingerprint density at radius 1 is 1.32 bits per heavy atom. The van der Waals surface area contributed by atoms with Crippen molar-refractivity contribution in [3.05, 3.63) is 12.7 Å². The molecular formula is C11H14N5O8P-2. The predicted molar refractivity (Wildman–Crippen MR) is 76.3 cm³/mol. The molecule has 3 atom stereocenters. The third-order valence-corrected chi connectivity index (χ3v) is 3.67. The molecule has 0 bridgehead atoms. The molecule has 14 heteroatoms. The summed E-state index contributed by atoms with van der Waals surface area (Å²) in [6.07, 6.45) is -3.38. The first-order valence-electron chi connectivity index (χ1n) is 6.75. The number of fused-ring (bicyclic) bond motifs is 1. The summed E-state index contributed by atoms with van der Waals surface area (Å²) in [6.45, 7) is -1.58. The van der Waals surface area contributed by atoms with E-state index in [1.165, 1.54) is 17.2 Å². The number of phosphoric ester groups is 1. The second kappa shape index (κ2) is 7.49. The average Bonchev–Trinajstić information content (AvgIpc) is 2.95. The fourth-order valence-corrected chi connectivity index (χ4v) is 2.26. The summed E-state index contributed by atoms with van der Waals surface area (Å²) in [5.41, 5.74) is 6.12. The Morgan fingerprint density at radius 3 is 2.64 bits per heavy atom. The highest BCUT2D eigenvalue weighted by molar-refractivity contribution is 7.43. The van der Waals surface area contributed by atoms with Crippen LogP contribution in [0.4, 0.5) is 5.82 Å². The number of phosphoric acid groups is 1. The van der Waals surface area contributed by atoms with Gasteiger partial charge in [-0.15, -0.1) is 0 Å². The molecule has 0 saturated carbocycles. The van der Waals surface area contributed by atoms with Crippen LogP contribution in [0.3, 0.4) is 0 Å². The zero-order chi connectivity index (χ0) is 18.8. The van der Waals surface area contributed by atoms with Crippen LogP contribution >= 0.6 is 7.82 Å². The van der Waals surface area contributed by atoms with Crippen LogP contribution in [0.25, 0.3) is 11.2 Å². The van der Waals surface area contributed by atoms with Crippen molar-refractivity contribution >= 4 is 30.6 Å². The summed E-state index contributed by atoms with van der Waals surface area (Å²) in [5, 5.41) is 29.4. The number of anilines is 1. The van der Waals surface area contributed by atoms with Gasteiger partial charge in [-0.2, -0.15) is 0 Å². The van der Waals surface area contributed by atoms with E-state index in [1.807, 2.05) is 0 Å². The molecule has 2 unspecified atom stereocenters. The second-order valence-corrected chi connectivity index (χ2v) is 6.17.